The van der Waals surface area contributed by atoms with E-state index in [1.807, 2.05) is 49.1 Å². The summed E-state index contributed by atoms with van der Waals surface area (Å²) in [6, 6.07) is 9.16. The van der Waals surface area contributed by atoms with Crippen LogP contribution in [0.2, 0.25) is 0 Å². The fraction of sp³-hybridized carbons (Fsp3) is 0.591. The molecule has 3 rings (SSSR count). The normalized spacial score (nSPS) is 27.8. The Balaban J connectivity index is 1.84. The molecular weight excluding hydrogens is 354 g/mol. The predicted molar refractivity (Wildman–Crippen MR) is 108 cm³/mol. The van der Waals surface area contributed by atoms with Gasteiger partial charge >= 0.3 is 6.03 Å². The van der Waals surface area contributed by atoms with Crippen LogP contribution >= 0.6 is 0 Å². The van der Waals surface area contributed by atoms with Gasteiger partial charge in [0.15, 0.2) is 0 Å². The number of urea groups is 1. The highest BCUT2D eigenvalue weighted by molar-refractivity contribution is 6.09. The van der Waals surface area contributed by atoms with E-state index in [0.29, 0.717) is 6.42 Å². The summed E-state index contributed by atoms with van der Waals surface area (Å²) in [7, 11) is 0. The van der Waals surface area contributed by atoms with Crippen molar-refractivity contribution < 1.29 is 14.4 Å². The van der Waals surface area contributed by atoms with Crippen molar-refractivity contribution in [2.24, 2.45) is 0 Å². The lowest BCUT2D eigenvalue weighted by Crippen LogP contribution is -2.52. The van der Waals surface area contributed by atoms with Crippen molar-refractivity contribution in [3.63, 3.8) is 0 Å². The first-order valence-corrected chi connectivity index (χ1v) is 10.4. The van der Waals surface area contributed by atoms with E-state index in [0.717, 1.165) is 42.6 Å². The van der Waals surface area contributed by atoms with Crippen molar-refractivity contribution in [2.45, 2.75) is 76.9 Å². The maximum absolute atomic E-state index is 13.4. The molecule has 0 spiro atoms. The van der Waals surface area contributed by atoms with Gasteiger partial charge in [-0.1, -0.05) is 50.1 Å². The monoisotopic (exact) mass is 385 g/mol. The number of carbonyl (C=O) groups is 3. The number of nitrogens with one attached hydrogen (secondary N) is 1. The van der Waals surface area contributed by atoms with E-state index in [-0.39, 0.29) is 30.4 Å². The van der Waals surface area contributed by atoms with Crippen molar-refractivity contribution >= 4 is 17.8 Å². The topological polar surface area (TPSA) is 69.7 Å². The molecule has 0 aromatic heterocycles. The van der Waals surface area contributed by atoms with Gasteiger partial charge in [0.25, 0.3) is 5.91 Å². The maximum atomic E-state index is 13.4. The average Bonchev–Trinajstić information content (AvgIpc) is 2.92. The number of amides is 4. The molecule has 6 nitrogen and oxygen atoms in total. The first-order chi connectivity index (χ1) is 13.4. The van der Waals surface area contributed by atoms with Gasteiger partial charge in [-0.3, -0.25) is 14.5 Å². The average molecular weight is 386 g/mol. The lowest BCUT2D eigenvalue weighted by atomic mass is 9.85. The molecule has 1 aromatic rings. The molecule has 1 aromatic carbocycles. The van der Waals surface area contributed by atoms with Crippen LogP contribution in [0.3, 0.4) is 0 Å². The van der Waals surface area contributed by atoms with Crippen LogP contribution in [0.4, 0.5) is 4.79 Å². The highest BCUT2D eigenvalue weighted by Gasteiger charge is 2.52. The molecule has 0 radical (unpaired) electrons. The van der Waals surface area contributed by atoms with E-state index in [1.165, 1.54) is 0 Å². The number of rotatable bonds is 6. The molecule has 0 saturated carbocycles. The van der Waals surface area contributed by atoms with Crippen molar-refractivity contribution in [3.05, 3.63) is 35.9 Å². The zero-order chi connectivity index (χ0) is 20.3. The summed E-state index contributed by atoms with van der Waals surface area (Å²) in [4.78, 5) is 42.1. The molecule has 2 aliphatic rings. The summed E-state index contributed by atoms with van der Waals surface area (Å²) in [5.74, 6) is -0.467. The second-order valence-electron chi connectivity index (χ2n) is 8.13. The SMILES string of the molecule is CCCCC1(c2ccccc2)NC(=O)N(CC(=O)N2C(C)CCCC2C)C1=O. The summed E-state index contributed by atoms with van der Waals surface area (Å²) in [6.07, 6.45) is 5.27. The first-order valence-electron chi connectivity index (χ1n) is 10.4. The molecule has 2 fully saturated rings. The summed E-state index contributed by atoms with van der Waals surface area (Å²) in [6.45, 7) is 5.93. The van der Waals surface area contributed by atoms with Gasteiger partial charge in [-0.05, 0) is 45.1 Å². The number of hydrogen-bond donors (Lipinski definition) is 1. The third kappa shape index (κ3) is 3.64. The Morgan fingerprint density at radius 1 is 1.14 bits per heavy atom. The Bertz CT molecular complexity index is 726. The van der Waals surface area contributed by atoms with Crippen LogP contribution in [0.25, 0.3) is 0 Å². The number of carbonyl (C=O) groups excluding carboxylic acids is 3. The van der Waals surface area contributed by atoms with E-state index in [9.17, 15) is 14.4 Å². The van der Waals surface area contributed by atoms with Crippen molar-refractivity contribution in [2.75, 3.05) is 6.54 Å². The molecule has 3 unspecified atom stereocenters. The van der Waals surface area contributed by atoms with E-state index in [2.05, 4.69) is 12.2 Å². The standard InChI is InChI=1S/C22H31N3O3/c1-4-5-14-22(18-12-7-6-8-13-18)20(27)24(21(28)23-22)15-19(26)25-16(2)10-9-11-17(25)3/h6-8,12-13,16-17H,4-5,9-11,14-15H2,1-3H3,(H,23,28). The molecular formula is C22H31N3O3. The largest absolute Gasteiger partial charge is 0.336 e. The Morgan fingerprint density at radius 2 is 1.79 bits per heavy atom. The molecule has 1 N–H and O–H groups in total. The third-order valence-corrected chi connectivity index (χ3v) is 6.12. The molecule has 4 amide bonds. The minimum absolute atomic E-state index is 0.135. The molecule has 0 aliphatic carbocycles. The predicted octanol–water partition coefficient (Wildman–Crippen LogP) is 3.41. The zero-order valence-corrected chi connectivity index (χ0v) is 17.1. The molecule has 28 heavy (non-hydrogen) atoms. The number of likely N-dealkylation sites (tertiary alicyclic amines) is 1. The smallest absolute Gasteiger partial charge is 0.325 e. The lowest BCUT2D eigenvalue weighted by molar-refractivity contribution is -0.143. The van der Waals surface area contributed by atoms with E-state index in [4.69, 9.17) is 0 Å². The minimum Gasteiger partial charge on any atom is -0.336 e. The number of piperidine rings is 1. The second kappa shape index (κ2) is 8.33. The van der Waals surface area contributed by atoms with Gasteiger partial charge in [-0.15, -0.1) is 0 Å². The van der Waals surface area contributed by atoms with E-state index in [1.54, 1.807) is 0 Å². The van der Waals surface area contributed by atoms with E-state index < -0.39 is 11.6 Å². The van der Waals surface area contributed by atoms with Crippen LogP contribution in [-0.4, -0.2) is 46.3 Å². The molecule has 0 bridgehead atoms. The van der Waals surface area contributed by atoms with Crippen LogP contribution in [0.15, 0.2) is 30.3 Å². The summed E-state index contributed by atoms with van der Waals surface area (Å²) < 4.78 is 0. The summed E-state index contributed by atoms with van der Waals surface area (Å²) >= 11 is 0. The van der Waals surface area contributed by atoms with Crippen LogP contribution < -0.4 is 5.32 Å². The number of benzene rings is 1. The van der Waals surface area contributed by atoms with Gasteiger partial charge in [-0.25, -0.2) is 4.79 Å². The van der Waals surface area contributed by atoms with Crippen molar-refractivity contribution in [1.82, 2.24) is 15.1 Å². The fourth-order valence-electron chi connectivity index (χ4n) is 4.57. The number of hydrogen-bond acceptors (Lipinski definition) is 3. The Labute approximate surface area is 167 Å². The van der Waals surface area contributed by atoms with Gasteiger partial charge in [0.05, 0.1) is 0 Å². The van der Waals surface area contributed by atoms with Crippen LogP contribution in [0, 0.1) is 0 Å². The zero-order valence-electron chi connectivity index (χ0n) is 17.1. The number of imide groups is 1. The Hall–Kier alpha value is -2.37. The number of nitrogens with zero attached hydrogens (tertiary/aromatic N) is 2. The molecule has 2 heterocycles. The molecule has 3 atom stereocenters. The first kappa shape index (κ1) is 20.4. The fourth-order valence-corrected chi connectivity index (χ4v) is 4.57. The quantitative estimate of drug-likeness (QED) is 0.763. The lowest BCUT2D eigenvalue weighted by Gasteiger charge is -2.39. The molecule has 2 saturated heterocycles. The van der Waals surface area contributed by atoms with Crippen LogP contribution in [-0.2, 0) is 15.1 Å². The summed E-state index contributed by atoms with van der Waals surface area (Å²) in [5, 5.41) is 2.92. The van der Waals surface area contributed by atoms with E-state index >= 15 is 0 Å². The molecule has 152 valence electrons. The van der Waals surface area contributed by atoms with Crippen LogP contribution in [0.5, 0.6) is 0 Å². The maximum Gasteiger partial charge on any atom is 0.325 e. The molecule has 2 aliphatic heterocycles. The Kier molecular flexibility index (Phi) is 6.06. The Morgan fingerprint density at radius 3 is 2.39 bits per heavy atom. The van der Waals surface area contributed by atoms with Crippen LogP contribution in [0.1, 0.15) is 64.9 Å². The van der Waals surface area contributed by atoms with Gasteiger partial charge in [0.1, 0.15) is 12.1 Å². The summed E-state index contributed by atoms with van der Waals surface area (Å²) in [5.41, 5.74) is -0.301. The van der Waals surface area contributed by atoms with Gasteiger partial charge in [0, 0.05) is 12.1 Å². The highest BCUT2D eigenvalue weighted by atomic mass is 16.2. The van der Waals surface area contributed by atoms with Crippen molar-refractivity contribution in [1.29, 1.82) is 0 Å². The van der Waals surface area contributed by atoms with Gasteiger partial charge in [-0.2, -0.15) is 0 Å². The number of unbranched alkanes of at least 4 members (excludes halogenated alkanes) is 1. The second-order valence-corrected chi connectivity index (χ2v) is 8.13. The van der Waals surface area contributed by atoms with Crippen molar-refractivity contribution in [3.8, 4) is 0 Å². The van der Waals surface area contributed by atoms with Gasteiger partial charge in [0.2, 0.25) is 5.91 Å². The molecule has 6 heteroatoms. The third-order valence-electron chi connectivity index (χ3n) is 6.12. The minimum atomic E-state index is -1.08. The van der Waals surface area contributed by atoms with Gasteiger partial charge < -0.3 is 10.2 Å². The highest BCUT2D eigenvalue weighted by Crippen LogP contribution is 2.34.